The van der Waals surface area contributed by atoms with Crippen LogP contribution in [0.25, 0.3) is 16.9 Å². The maximum Gasteiger partial charge on any atom is 0.119 e. The fourth-order valence-corrected chi connectivity index (χ4v) is 2.96. The van der Waals surface area contributed by atoms with E-state index in [-0.39, 0.29) is 5.41 Å². The number of phenolic OH excluding ortho intramolecular Hbond substituents is 1. The Balaban J connectivity index is 2.07. The van der Waals surface area contributed by atoms with E-state index in [1.54, 1.807) is 18.5 Å². The summed E-state index contributed by atoms with van der Waals surface area (Å²) in [6.45, 7) is 6.23. The summed E-state index contributed by atoms with van der Waals surface area (Å²) in [5, 5.41) is 14.8. The molecule has 0 fully saturated rings. The summed E-state index contributed by atoms with van der Waals surface area (Å²) in [5.74, 6) is 0.307. The van der Waals surface area contributed by atoms with Crippen LogP contribution >= 0.6 is 15.9 Å². The van der Waals surface area contributed by atoms with Crippen LogP contribution in [0.15, 0.2) is 53.4 Å². The Labute approximate surface area is 143 Å². The van der Waals surface area contributed by atoms with Crippen molar-refractivity contribution in [1.82, 2.24) is 14.8 Å². The van der Waals surface area contributed by atoms with Crippen LogP contribution in [0.2, 0.25) is 0 Å². The van der Waals surface area contributed by atoms with Gasteiger partial charge >= 0.3 is 0 Å². The third-order valence-electron chi connectivity index (χ3n) is 3.68. The van der Waals surface area contributed by atoms with Crippen molar-refractivity contribution in [3.8, 4) is 22.7 Å². The number of pyridine rings is 1. The predicted molar refractivity (Wildman–Crippen MR) is 94.9 cm³/mol. The van der Waals surface area contributed by atoms with Gasteiger partial charge in [0.25, 0.3) is 0 Å². The average molecular weight is 372 g/mol. The van der Waals surface area contributed by atoms with E-state index in [1.807, 2.05) is 35.1 Å². The topological polar surface area (TPSA) is 50.9 Å². The Morgan fingerprint density at radius 2 is 1.78 bits per heavy atom. The number of hydrogen-bond acceptors (Lipinski definition) is 3. The van der Waals surface area contributed by atoms with Gasteiger partial charge in [-0.15, -0.1) is 0 Å². The minimum atomic E-state index is -0.140. The van der Waals surface area contributed by atoms with Gasteiger partial charge in [-0.25, -0.2) is 4.68 Å². The van der Waals surface area contributed by atoms with Crippen molar-refractivity contribution in [2.45, 2.75) is 26.2 Å². The van der Waals surface area contributed by atoms with Crippen molar-refractivity contribution in [2.24, 2.45) is 0 Å². The number of phenols is 1. The molecule has 2 heterocycles. The molecule has 0 bridgehead atoms. The van der Waals surface area contributed by atoms with Crippen molar-refractivity contribution >= 4 is 15.9 Å². The molecule has 0 aliphatic heterocycles. The molecule has 118 valence electrons. The van der Waals surface area contributed by atoms with Gasteiger partial charge in [0.05, 0.1) is 10.2 Å². The van der Waals surface area contributed by atoms with Crippen LogP contribution < -0.4 is 0 Å². The normalized spacial score (nSPS) is 11.7. The Bertz CT molecular complexity index is 835. The first kappa shape index (κ1) is 15.7. The van der Waals surface area contributed by atoms with Crippen LogP contribution in [0.4, 0.5) is 0 Å². The lowest BCUT2D eigenvalue weighted by atomic mass is 9.86. The zero-order valence-electron chi connectivity index (χ0n) is 13.3. The lowest BCUT2D eigenvalue weighted by molar-refractivity contribution is 0.446. The molecule has 0 unspecified atom stereocenters. The molecule has 0 aliphatic rings. The second kappa shape index (κ2) is 5.81. The number of nitrogens with zero attached hydrogens (tertiary/aromatic N) is 3. The molecule has 0 radical (unpaired) electrons. The van der Waals surface area contributed by atoms with E-state index in [0.29, 0.717) is 5.75 Å². The fraction of sp³-hybridized carbons (Fsp3) is 0.222. The molecule has 0 saturated carbocycles. The fourth-order valence-electron chi connectivity index (χ4n) is 2.46. The SMILES string of the molecule is CC(C)(C)c1cc(-n2cc(Br)c(-c3ccncc3)n2)ccc1O. The van der Waals surface area contributed by atoms with Gasteiger partial charge in [0.2, 0.25) is 0 Å². The molecule has 0 amide bonds. The van der Waals surface area contributed by atoms with E-state index < -0.39 is 0 Å². The highest BCUT2D eigenvalue weighted by molar-refractivity contribution is 9.10. The Morgan fingerprint density at radius 1 is 1.09 bits per heavy atom. The third-order valence-corrected chi connectivity index (χ3v) is 4.26. The number of aromatic nitrogens is 3. The van der Waals surface area contributed by atoms with Gasteiger partial charge in [0.1, 0.15) is 11.4 Å². The lowest BCUT2D eigenvalue weighted by Gasteiger charge is -2.21. The molecule has 0 aliphatic carbocycles. The monoisotopic (exact) mass is 371 g/mol. The maximum absolute atomic E-state index is 10.1. The van der Waals surface area contributed by atoms with Crippen LogP contribution in [0.5, 0.6) is 5.75 Å². The number of rotatable bonds is 2. The molecular formula is C18H18BrN3O. The van der Waals surface area contributed by atoms with Gasteiger partial charge in [-0.3, -0.25) is 4.98 Å². The summed E-state index contributed by atoms with van der Waals surface area (Å²) in [6.07, 6.45) is 5.42. The Morgan fingerprint density at radius 3 is 2.43 bits per heavy atom. The largest absolute Gasteiger partial charge is 0.508 e. The van der Waals surface area contributed by atoms with Crippen LogP contribution in [-0.2, 0) is 5.41 Å². The van der Waals surface area contributed by atoms with Crippen molar-refractivity contribution in [3.05, 3.63) is 59.0 Å². The van der Waals surface area contributed by atoms with Gasteiger partial charge in [0, 0.05) is 29.7 Å². The molecule has 5 heteroatoms. The summed E-state index contributed by atoms with van der Waals surface area (Å²) in [7, 11) is 0. The highest BCUT2D eigenvalue weighted by atomic mass is 79.9. The van der Waals surface area contributed by atoms with Gasteiger partial charge in [-0.2, -0.15) is 5.10 Å². The van der Waals surface area contributed by atoms with Crippen molar-refractivity contribution < 1.29 is 5.11 Å². The second-order valence-corrected chi connectivity index (χ2v) is 7.31. The van der Waals surface area contributed by atoms with Gasteiger partial charge in [0.15, 0.2) is 0 Å². The van der Waals surface area contributed by atoms with Crippen LogP contribution in [0.3, 0.4) is 0 Å². The molecule has 1 aromatic carbocycles. The smallest absolute Gasteiger partial charge is 0.119 e. The zero-order chi connectivity index (χ0) is 16.6. The molecule has 3 rings (SSSR count). The van der Waals surface area contributed by atoms with Crippen LogP contribution in [-0.4, -0.2) is 19.9 Å². The molecule has 23 heavy (non-hydrogen) atoms. The van der Waals surface area contributed by atoms with E-state index in [1.165, 1.54) is 0 Å². The molecule has 2 aromatic heterocycles. The van der Waals surface area contributed by atoms with E-state index in [2.05, 4.69) is 46.8 Å². The average Bonchev–Trinajstić information content (AvgIpc) is 2.89. The summed E-state index contributed by atoms with van der Waals surface area (Å²) in [4.78, 5) is 4.04. The van der Waals surface area contributed by atoms with E-state index in [4.69, 9.17) is 0 Å². The summed E-state index contributed by atoms with van der Waals surface area (Å²) >= 11 is 3.57. The molecule has 4 nitrogen and oxygen atoms in total. The zero-order valence-corrected chi connectivity index (χ0v) is 14.9. The molecule has 3 aromatic rings. The summed E-state index contributed by atoms with van der Waals surface area (Å²) < 4.78 is 2.73. The molecule has 0 atom stereocenters. The minimum Gasteiger partial charge on any atom is -0.508 e. The highest BCUT2D eigenvalue weighted by Gasteiger charge is 2.19. The van der Waals surface area contributed by atoms with Crippen LogP contribution in [0.1, 0.15) is 26.3 Å². The summed E-state index contributed by atoms with van der Waals surface area (Å²) in [5.41, 5.74) is 3.53. The minimum absolute atomic E-state index is 0.140. The van der Waals surface area contributed by atoms with Gasteiger partial charge in [-0.1, -0.05) is 20.8 Å². The van der Waals surface area contributed by atoms with Gasteiger partial charge < -0.3 is 5.11 Å². The summed E-state index contributed by atoms with van der Waals surface area (Å²) in [6, 6.07) is 9.41. The highest BCUT2D eigenvalue weighted by Crippen LogP contribution is 2.33. The van der Waals surface area contributed by atoms with Crippen molar-refractivity contribution in [3.63, 3.8) is 0 Å². The number of benzene rings is 1. The number of halogens is 1. The first-order valence-corrected chi connectivity index (χ1v) is 8.15. The lowest BCUT2D eigenvalue weighted by Crippen LogP contribution is -2.12. The quantitative estimate of drug-likeness (QED) is 0.710. The van der Waals surface area contributed by atoms with Crippen LogP contribution in [0, 0.1) is 0 Å². The Hall–Kier alpha value is -2.14. The Kier molecular flexibility index (Phi) is 3.98. The number of aromatic hydroxyl groups is 1. The van der Waals surface area contributed by atoms with E-state index in [9.17, 15) is 5.11 Å². The molecule has 0 saturated heterocycles. The van der Waals surface area contributed by atoms with Crippen molar-refractivity contribution in [1.29, 1.82) is 0 Å². The molecular weight excluding hydrogens is 354 g/mol. The maximum atomic E-state index is 10.1. The first-order valence-electron chi connectivity index (χ1n) is 7.36. The predicted octanol–water partition coefficient (Wildman–Crippen LogP) is 4.70. The first-order chi connectivity index (χ1) is 10.9. The standard InChI is InChI=1S/C18H18BrN3O/c1-18(2,3)14-10-13(4-5-16(14)23)22-11-15(19)17(21-22)12-6-8-20-9-7-12/h4-11,23H,1-3H3. The molecule has 1 N–H and O–H groups in total. The van der Waals surface area contributed by atoms with E-state index in [0.717, 1.165) is 27.0 Å². The van der Waals surface area contributed by atoms with E-state index >= 15 is 0 Å². The number of hydrogen-bond donors (Lipinski definition) is 1. The third kappa shape index (κ3) is 3.15. The molecule has 0 spiro atoms. The van der Waals surface area contributed by atoms with Gasteiger partial charge in [-0.05, 0) is 51.7 Å². The second-order valence-electron chi connectivity index (χ2n) is 6.46. The van der Waals surface area contributed by atoms with Crippen molar-refractivity contribution in [2.75, 3.05) is 0 Å².